The monoisotopic (exact) mass is 293 g/mol. The Bertz CT molecular complexity index is 889. The Kier molecular flexibility index (Phi) is 3.34. The van der Waals surface area contributed by atoms with E-state index in [1.807, 2.05) is 31.2 Å². The Balaban J connectivity index is 1.98. The highest BCUT2D eigenvalue weighted by Gasteiger charge is 2.06. The van der Waals surface area contributed by atoms with Gasteiger partial charge >= 0.3 is 0 Å². The molecular weight excluding hydrogens is 282 g/mol. The molecule has 3 rings (SSSR count). The molecule has 2 N–H and O–H groups in total. The molecule has 0 radical (unpaired) electrons. The Hall–Kier alpha value is -2.78. The lowest BCUT2D eigenvalue weighted by molar-refractivity contribution is 1.19. The number of nitrogens with two attached hydrogens (primary N) is 1. The number of aryl methyl sites for hydroxylation is 1. The van der Waals surface area contributed by atoms with Crippen LogP contribution in [0.15, 0.2) is 46.6 Å². The molecule has 0 saturated carbocycles. The fourth-order valence-corrected chi connectivity index (χ4v) is 2.79. The van der Waals surface area contributed by atoms with Gasteiger partial charge in [0.1, 0.15) is 11.8 Å². The maximum absolute atomic E-state index is 9.16. The highest BCUT2D eigenvalue weighted by Crippen LogP contribution is 2.31. The molecule has 1 aromatic heterocycles. The lowest BCUT2D eigenvalue weighted by Gasteiger charge is -1.98. The van der Waals surface area contributed by atoms with Crippen LogP contribution in [0.4, 0.5) is 16.5 Å². The molecule has 5 nitrogen and oxygen atoms in total. The van der Waals surface area contributed by atoms with Crippen molar-refractivity contribution in [3.8, 4) is 6.07 Å². The zero-order valence-corrected chi connectivity index (χ0v) is 12.1. The summed E-state index contributed by atoms with van der Waals surface area (Å²) in [5, 5.41) is 18.0. The molecule has 0 saturated heterocycles. The number of azo groups is 1. The average Bonchev–Trinajstić information content (AvgIpc) is 2.87. The minimum absolute atomic E-state index is 0.534. The van der Waals surface area contributed by atoms with E-state index in [9.17, 15) is 0 Å². The Labute approximate surface area is 125 Å². The number of aromatic nitrogens is 1. The van der Waals surface area contributed by atoms with E-state index in [0.29, 0.717) is 22.1 Å². The Morgan fingerprint density at radius 2 is 2.10 bits per heavy atom. The molecule has 0 aliphatic heterocycles. The smallest absolute Gasteiger partial charge is 0.231 e. The zero-order valence-electron chi connectivity index (χ0n) is 11.2. The molecule has 0 aliphatic carbocycles. The molecule has 0 aliphatic rings. The van der Waals surface area contributed by atoms with Crippen molar-refractivity contribution in [3.63, 3.8) is 0 Å². The molecule has 3 aromatic rings. The van der Waals surface area contributed by atoms with Crippen molar-refractivity contribution in [2.24, 2.45) is 10.2 Å². The summed E-state index contributed by atoms with van der Waals surface area (Å²) in [4.78, 5) is 4.37. The number of benzene rings is 2. The van der Waals surface area contributed by atoms with Crippen LogP contribution in [0.2, 0.25) is 0 Å². The van der Waals surface area contributed by atoms with E-state index in [0.717, 1.165) is 15.8 Å². The van der Waals surface area contributed by atoms with Crippen LogP contribution in [0.3, 0.4) is 0 Å². The van der Waals surface area contributed by atoms with Gasteiger partial charge in [0, 0.05) is 5.69 Å². The van der Waals surface area contributed by atoms with Gasteiger partial charge in [0.05, 0.1) is 15.8 Å². The molecule has 21 heavy (non-hydrogen) atoms. The predicted molar refractivity (Wildman–Crippen MR) is 84.1 cm³/mol. The van der Waals surface area contributed by atoms with Crippen molar-refractivity contribution in [2.75, 3.05) is 5.73 Å². The molecule has 0 bridgehead atoms. The normalized spacial score (nSPS) is 11.0. The lowest BCUT2D eigenvalue weighted by atomic mass is 10.1. The van der Waals surface area contributed by atoms with Crippen LogP contribution >= 0.6 is 11.3 Å². The largest absolute Gasteiger partial charge is 0.399 e. The summed E-state index contributed by atoms with van der Waals surface area (Å²) in [6, 6.07) is 13.2. The van der Waals surface area contributed by atoms with Gasteiger partial charge in [-0.3, -0.25) is 0 Å². The number of nitrogen functional groups attached to an aromatic ring is 1. The van der Waals surface area contributed by atoms with Gasteiger partial charge in [-0.25, -0.2) is 4.98 Å². The van der Waals surface area contributed by atoms with E-state index in [2.05, 4.69) is 21.3 Å². The molecule has 0 atom stereocenters. The second-order valence-electron chi connectivity index (χ2n) is 4.50. The molecule has 102 valence electrons. The van der Waals surface area contributed by atoms with Crippen molar-refractivity contribution >= 4 is 38.1 Å². The first kappa shape index (κ1) is 13.2. The maximum atomic E-state index is 9.16. The van der Waals surface area contributed by atoms with Crippen molar-refractivity contribution in [1.29, 1.82) is 5.26 Å². The van der Waals surface area contributed by atoms with Gasteiger partial charge < -0.3 is 5.73 Å². The summed E-state index contributed by atoms with van der Waals surface area (Å²) in [6.07, 6.45) is 0. The van der Waals surface area contributed by atoms with Gasteiger partial charge in [-0.15, -0.1) is 10.2 Å². The third-order valence-electron chi connectivity index (χ3n) is 3.01. The first-order chi connectivity index (χ1) is 10.2. The third-order valence-corrected chi connectivity index (χ3v) is 3.91. The van der Waals surface area contributed by atoms with Crippen LogP contribution in [0, 0.1) is 18.3 Å². The van der Waals surface area contributed by atoms with Crippen molar-refractivity contribution < 1.29 is 0 Å². The van der Waals surface area contributed by atoms with Crippen LogP contribution in [0.25, 0.3) is 10.2 Å². The minimum atomic E-state index is 0.534. The third kappa shape index (κ3) is 2.59. The second kappa shape index (κ2) is 5.31. The quantitative estimate of drug-likeness (QED) is 0.558. The highest BCUT2D eigenvalue weighted by molar-refractivity contribution is 7.21. The standard InChI is InChI=1S/C15H11N5S/c1-9-3-2-4-12(11(9)8-16)19-20-15-18-13-6-5-10(17)7-14(13)21-15/h2-7H,17H2,1H3. The molecular formula is C15H11N5S. The van der Waals surface area contributed by atoms with Crippen LogP contribution in [0.5, 0.6) is 0 Å². The van der Waals surface area contributed by atoms with Crippen molar-refractivity contribution in [3.05, 3.63) is 47.5 Å². The van der Waals surface area contributed by atoms with E-state index < -0.39 is 0 Å². The van der Waals surface area contributed by atoms with E-state index in [1.165, 1.54) is 11.3 Å². The number of hydrogen-bond donors (Lipinski definition) is 1. The first-order valence-corrected chi connectivity index (χ1v) is 7.06. The van der Waals surface area contributed by atoms with Crippen molar-refractivity contribution in [1.82, 2.24) is 4.98 Å². The average molecular weight is 293 g/mol. The number of nitrogens with zero attached hydrogens (tertiary/aromatic N) is 4. The van der Waals surface area contributed by atoms with Crippen molar-refractivity contribution in [2.45, 2.75) is 6.92 Å². The molecule has 0 spiro atoms. The van der Waals surface area contributed by atoms with E-state index in [-0.39, 0.29) is 0 Å². The van der Waals surface area contributed by atoms with Gasteiger partial charge in [0.15, 0.2) is 0 Å². The van der Waals surface area contributed by atoms with Gasteiger partial charge in [-0.2, -0.15) is 5.26 Å². The zero-order chi connectivity index (χ0) is 14.8. The van der Waals surface area contributed by atoms with Gasteiger partial charge in [-0.05, 0) is 36.8 Å². The second-order valence-corrected chi connectivity index (χ2v) is 5.51. The molecule has 0 unspecified atom stereocenters. The fourth-order valence-electron chi connectivity index (χ4n) is 1.95. The highest BCUT2D eigenvalue weighted by atomic mass is 32.1. The van der Waals surface area contributed by atoms with Crippen LogP contribution < -0.4 is 5.73 Å². The molecule has 0 amide bonds. The van der Waals surface area contributed by atoms with E-state index in [1.54, 1.807) is 12.1 Å². The number of anilines is 1. The number of thiazole rings is 1. The topological polar surface area (TPSA) is 87.4 Å². The SMILES string of the molecule is Cc1cccc(N=Nc2nc3ccc(N)cc3s2)c1C#N. The minimum Gasteiger partial charge on any atom is -0.399 e. The number of fused-ring (bicyclic) bond motifs is 1. The molecule has 6 heteroatoms. The van der Waals surface area contributed by atoms with Crippen LogP contribution in [0.1, 0.15) is 11.1 Å². The van der Waals surface area contributed by atoms with E-state index >= 15 is 0 Å². The molecule has 2 aromatic carbocycles. The fraction of sp³-hybridized carbons (Fsp3) is 0.0667. The number of rotatable bonds is 2. The summed E-state index contributed by atoms with van der Waals surface area (Å²) in [5.74, 6) is 0. The summed E-state index contributed by atoms with van der Waals surface area (Å²) < 4.78 is 0.966. The predicted octanol–water partition coefficient (Wildman–Crippen LogP) is 4.47. The maximum Gasteiger partial charge on any atom is 0.231 e. The summed E-state index contributed by atoms with van der Waals surface area (Å²) in [7, 11) is 0. The summed E-state index contributed by atoms with van der Waals surface area (Å²) >= 11 is 1.41. The Morgan fingerprint density at radius 3 is 2.90 bits per heavy atom. The molecule has 0 fully saturated rings. The van der Waals surface area contributed by atoms with Crippen LogP contribution in [-0.4, -0.2) is 4.98 Å². The van der Waals surface area contributed by atoms with Gasteiger partial charge in [0.25, 0.3) is 0 Å². The first-order valence-electron chi connectivity index (χ1n) is 6.25. The van der Waals surface area contributed by atoms with Gasteiger partial charge in [-0.1, -0.05) is 23.5 Å². The van der Waals surface area contributed by atoms with Gasteiger partial charge in [0.2, 0.25) is 5.13 Å². The lowest BCUT2D eigenvalue weighted by Crippen LogP contribution is -1.81. The molecule has 1 heterocycles. The van der Waals surface area contributed by atoms with Crippen LogP contribution in [-0.2, 0) is 0 Å². The Morgan fingerprint density at radius 1 is 1.24 bits per heavy atom. The summed E-state index contributed by atoms with van der Waals surface area (Å²) in [6.45, 7) is 1.87. The summed E-state index contributed by atoms with van der Waals surface area (Å²) in [5.41, 5.74) is 9.24. The number of hydrogen-bond acceptors (Lipinski definition) is 6. The van der Waals surface area contributed by atoms with E-state index in [4.69, 9.17) is 11.0 Å². The number of nitriles is 1.